The van der Waals surface area contributed by atoms with Crippen LogP contribution in [0.15, 0.2) is 35.5 Å². The van der Waals surface area contributed by atoms with Crippen molar-refractivity contribution in [3.05, 3.63) is 35.5 Å². The molecule has 1 heterocycles. The van der Waals surface area contributed by atoms with Crippen molar-refractivity contribution in [1.29, 1.82) is 0 Å². The van der Waals surface area contributed by atoms with E-state index in [1.165, 1.54) is 11.1 Å². The van der Waals surface area contributed by atoms with E-state index in [1.807, 2.05) is 6.08 Å². The second kappa shape index (κ2) is 7.77. The summed E-state index contributed by atoms with van der Waals surface area (Å²) < 4.78 is 0. The number of carbonyl (C=O) groups is 2. The van der Waals surface area contributed by atoms with Crippen molar-refractivity contribution >= 4 is 11.7 Å². The molecular weight excluding hydrogens is 334 g/mol. The third-order valence-corrected chi connectivity index (χ3v) is 6.93. The molecule has 0 saturated carbocycles. The van der Waals surface area contributed by atoms with Crippen LogP contribution in [0.1, 0.15) is 66.7 Å². The van der Waals surface area contributed by atoms with Gasteiger partial charge in [-0.15, -0.1) is 0 Å². The van der Waals surface area contributed by atoms with E-state index in [0.717, 1.165) is 32.1 Å². The van der Waals surface area contributed by atoms with Gasteiger partial charge in [0.15, 0.2) is 5.78 Å². The molecule has 0 aromatic heterocycles. The van der Waals surface area contributed by atoms with Crippen LogP contribution in [0, 0.1) is 29.1 Å². The Morgan fingerprint density at radius 2 is 1.93 bits per heavy atom. The van der Waals surface area contributed by atoms with Crippen LogP contribution in [0.2, 0.25) is 0 Å². The highest BCUT2D eigenvalue weighted by atomic mass is 16.2. The highest BCUT2D eigenvalue weighted by molar-refractivity contribution is 6.13. The first-order chi connectivity index (χ1) is 12.8. The Morgan fingerprint density at radius 1 is 1.19 bits per heavy atom. The highest BCUT2D eigenvalue weighted by Crippen LogP contribution is 2.55. The number of hydrogen-bond acceptors (Lipinski definition) is 2. The number of rotatable bonds is 2. The predicted molar refractivity (Wildman–Crippen MR) is 110 cm³/mol. The van der Waals surface area contributed by atoms with E-state index in [-0.39, 0.29) is 35.5 Å². The van der Waals surface area contributed by atoms with Crippen molar-refractivity contribution < 1.29 is 9.59 Å². The first kappa shape index (κ1) is 20.1. The van der Waals surface area contributed by atoms with Gasteiger partial charge in [-0.3, -0.25) is 9.59 Å². The van der Waals surface area contributed by atoms with Crippen LogP contribution in [-0.2, 0) is 9.59 Å². The molecule has 1 fully saturated rings. The van der Waals surface area contributed by atoms with Crippen molar-refractivity contribution in [2.45, 2.75) is 72.8 Å². The highest BCUT2D eigenvalue weighted by Gasteiger charge is 2.64. The topological polar surface area (TPSA) is 46.2 Å². The second-order valence-electron chi connectivity index (χ2n) is 9.35. The molecular formula is C24H35NO2. The van der Waals surface area contributed by atoms with E-state index >= 15 is 0 Å². The van der Waals surface area contributed by atoms with Crippen LogP contribution < -0.4 is 5.32 Å². The summed E-state index contributed by atoms with van der Waals surface area (Å²) >= 11 is 0. The minimum absolute atomic E-state index is 0.00260. The molecule has 1 amide bonds. The lowest BCUT2D eigenvalue weighted by atomic mass is 9.55. The third-order valence-electron chi connectivity index (χ3n) is 6.93. The van der Waals surface area contributed by atoms with Gasteiger partial charge in [-0.05, 0) is 63.9 Å². The summed E-state index contributed by atoms with van der Waals surface area (Å²) in [6.45, 7) is 10.9. The summed E-state index contributed by atoms with van der Waals surface area (Å²) in [5, 5.41) is 3.26. The summed E-state index contributed by atoms with van der Waals surface area (Å²) in [6, 6.07) is 0.0647. The monoisotopic (exact) mass is 369 g/mol. The number of ketones is 1. The molecule has 2 aliphatic carbocycles. The van der Waals surface area contributed by atoms with Crippen LogP contribution in [0.3, 0.4) is 0 Å². The van der Waals surface area contributed by atoms with E-state index in [4.69, 9.17) is 0 Å². The normalized spacial score (nSPS) is 40.2. The van der Waals surface area contributed by atoms with Crippen molar-refractivity contribution in [2.75, 3.05) is 0 Å². The molecule has 27 heavy (non-hydrogen) atoms. The molecule has 148 valence electrons. The molecule has 3 aliphatic rings. The van der Waals surface area contributed by atoms with E-state index < -0.39 is 5.41 Å². The van der Waals surface area contributed by atoms with Crippen molar-refractivity contribution in [3.63, 3.8) is 0 Å². The average Bonchev–Trinajstić information content (AvgIpc) is 2.86. The molecule has 1 N–H and O–H groups in total. The van der Waals surface area contributed by atoms with Gasteiger partial charge in [0.2, 0.25) is 5.91 Å². The maximum atomic E-state index is 13.6. The average molecular weight is 370 g/mol. The van der Waals surface area contributed by atoms with Crippen LogP contribution in [0.25, 0.3) is 0 Å². The van der Waals surface area contributed by atoms with Gasteiger partial charge in [-0.2, -0.15) is 0 Å². The van der Waals surface area contributed by atoms with Crippen molar-refractivity contribution in [3.8, 4) is 0 Å². The molecule has 0 bridgehead atoms. The van der Waals surface area contributed by atoms with Gasteiger partial charge in [0.25, 0.3) is 0 Å². The first-order valence-corrected chi connectivity index (χ1v) is 10.7. The van der Waals surface area contributed by atoms with Gasteiger partial charge in [0.05, 0.1) is 0 Å². The van der Waals surface area contributed by atoms with Crippen LogP contribution in [0.5, 0.6) is 0 Å². The molecule has 1 spiro atoms. The van der Waals surface area contributed by atoms with Crippen molar-refractivity contribution in [1.82, 2.24) is 5.32 Å². The molecule has 1 aliphatic heterocycles. The molecule has 0 unspecified atom stereocenters. The SMILES string of the molecule is CC1=C[C@@H]2/C=C(\C)CCCC/C=C/C(=O)[C@]23C(=O)N[C@@H](CC(C)C)[C@@H]3[C@@H]1C. The third kappa shape index (κ3) is 3.46. The Hall–Kier alpha value is -1.64. The van der Waals surface area contributed by atoms with E-state index in [2.05, 4.69) is 52.1 Å². The molecule has 5 atom stereocenters. The fourth-order valence-electron chi connectivity index (χ4n) is 5.53. The lowest BCUT2D eigenvalue weighted by Crippen LogP contribution is -2.51. The molecule has 3 rings (SSSR count). The standard InChI is InChI=1S/C24H35NO2/c1-15(2)12-20-22-18(5)17(4)14-19-13-16(3)10-8-6-7-9-11-21(26)24(19,22)23(27)25-20/h9,11,13-15,18-20,22H,6-8,10,12H2,1-5H3,(H,25,27)/b11-9+,16-13+/t18-,19+,20+,22+,24-/m1/s1. The van der Waals surface area contributed by atoms with Gasteiger partial charge < -0.3 is 5.32 Å². The quantitative estimate of drug-likeness (QED) is 0.550. The maximum absolute atomic E-state index is 13.6. The molecule has 3 heteroatoms. The maximum Gasteiger partial charge on any atom is 0.235 e. The fraction of sp³-hybridized carbons (Fsp3) is 0.667. The van der Waals surface area contributed by atoms with Crippen molar-refractivity contribution in [2.24, 2.45) is 29.1 Å². The summed E-state index contributed by atoms with van der Waals surface area (Å²) in [5.41, 5.74) is 1.62. The van der Waals surface area contributed by atoms with Gasteiger partial charge in [-0.1, -0.05) is 50.1 Å². The van der Waals surface area contributed by atoms with E-state index in [9.17, 15) is 9.59 Å². The molecule has 3 nitrogen and oxygen atoms in total. The Balaban J connectivity index is 2.19. The van der Waals surface area contributed by atoms with Gasteiger partial charge in [0.1, 0.15) is 5.41 Å². The summed E-state index contributed by atoms with van der Waals surface area (Å²) in [7, 11) is 0. The Morgan fingerprint density at radius 3 is 2.63 bits per heavy atom. The number of hydrogen-bond donors (Lipinski definition) is 1. The number of nitrogens with one attached hydrogen (secondary N) is 1. The molecule has 0 aromatic rings. The zero-order chi connectivity index (χ0) is 19.8. The van der Waals surface area contributed by atoms with Gasteiger partial charge in [-0.25, -0.2) is 0 Å². The lowest BCUT2D eigenvalue weighted by Gasteiger charge is -2.44. The summed E-state index contributed by atoms with van der Waals surface area (Å²) in [5.74, 6) is 0.517. The second-order valence-corrected chi connectivity index (χ2v) is 9.35. The zero-order valence-corrected chi connectivity index (χ0v) is 17.5. The number of carbonyl (C=O) groups excluding carboxylic acids is 2. The minimum Gasteiger partial charge on any atom is -0.352 e. The number of amides is 1. The molecule has 0 radical (unpaired) electrons. The Labute approximate surface area is 164 Å². The smallest absolute Gasteiger partial charge is 0.235 e. The molecule has 0 aromatic carbocycles. The van der Waals surface area contributed by atoms with E-state index in [0.29, 0.717) is 5.92 Å². The number of allylic oxidation sites excluding steroid dienone is 6. The van der Waals surface area contributed by atoms with Crippen LogP contribution in [0.4, 0.5) is 0 Å². The summed E-state index contributed by atoms with van der Waals surface area (Å²) in [4.78, 5) is 27.0. The van der Waals surface area contributed by atoms with Gasteiger partial charge in [0, 0.05) is 17.9 Å². The minimum atomic E-state index is -0.986. The summed E-state index contributed by atoms with van der Waals surface area (Å²) in [6.07, 6.45) is 13.2. The Bertz CT molecular complexity index is 699. The first-order valence-electron chi connectivity index (χ1n) is 10.7. The molecule has 1 saturated heterocycles. The lowest BCUT2D eigenvalue weighted by molar-refractivity contribution is -0.142. The zero-order valence-electron chi connectivity index (χ0n) is 17.5. The fourth-order valence-corrected chi connectivity index (χ4v) is 5.53. The van der Waals surface area contributed by atoms with E-state index in [1.54, 1.807) is 6.08 Å². The van der Waals surface area contributed by atoms with Crippen LogP contribution in [-0.4, -0.2) is 17.7 Å². The largest absolute Gasteiger partial charge is 0.352 e. The predicted octanol–water partition coefficient (Wildman–Crippen LogP) is 4.99. The Kier molecular flexibility index (Phi) is 5.79. The van der Waals surface area contributed by atoms with Crippen LogP contribution >= 0.6 is 0 Å². The van der Waals surface area contributed by atoms with Gasteiger partial charge >= 0.3 is 0 Å².